The first-order valence-corrected chi connectivity index (χ1v) is 4.44. The summed E-state index contributed by atoms with van der Waals surface area (Å²) >= 11 is 0. The Bertz CT molecular complexity index is 252. The Hall–Kier alpha value is -1.16. The highest BCUT2D eigenvalue weighted by atomic mass is 16.5. The van der Waals surface area contributed by atoms with Crippen molar-refractivity contribution in [3.63, 3.8) is 0 Å². The number of nitrogens with one attached hydrogen (secondary N) is 1. The Morgan fingerprint density at radius 1 is 1.54 bits per heavy atom. The van der Waals surface area contributed by atoms with Crippen molar-refractivity contribution in [1.82, 2.24) is 9.97 Å². The van der Waals surface area contributed by atoms with Gasteiger partial charge in [0.25, 0.3) is 0 Å². The summed E-state index contributed by atoms with van der Waals surface area (Å²) in [6.45, 7) is 3.32. The lowest BCUT2D eigenvalue weighted by Gasteiger charge is -2.03. The van der Waals surface area contributed by atoms with Crippen molar-refractivity contribution in [2.45, 2.75) is 20.0 Å². The monoisotopic (exact) mass is 181 g/mol. The summed E-state index contributed by atoms with van der Waals surface area (Å²) in [4.78, 5) is 8.30. The Balaban J connectivity index is 2.46. The molecule has 0 aliphatic carbocycles. The van der Waals surface area contributed by atoms with Crippen molar-refractivity contribution in [3.8, 4) is 0 Å². The minimum atomic E-state index is 0.489. The smallest absolute Gasteiger partial charge is 0.156 e. The fourth-order valence-electron chi connectivity index (χ4n) is 0.916. The van der Waals surface area contributed by atoms with Gasteiger partial charge in [0.05, 0.1) is 0 Å². The molecule has 0 spiro atoms. The van der Waals surface area contributed by atoms with E-state index in [1.807, 2.05) is 13.1 Å². The van der Waals surface area contributed by atoms with Gasteiger partial charge in [-0.1, -0.05) is 6.92 Å². The number of hydrogen-bond donors (Lipinski definition) is 1. The lowest BCUT2D eigenvalue weighted by molar-refractivity contribution is 0.116. The number of hydrogen-bond acceptors (Lipinski definition) is 4. The average molecular weight is 181 g/mol. The summed E-state index contributed by atoms with van der Waals surface area (Å²) in [7, 11) is 1.83. The summed E-state index contributed by atoms with van der Waals surface area (Å²) in [5.41, 5.74) is 0. The van der Waals surface area contributed by atoms with Crippen molar-refractivity contribution in [2.75, 3.05) is 19.0 Å². The Morgan fingerprint density at radius 2 is 2.38 bits per heavy atom. The van der Waals surface area contributed by atoms with Crippen molar-refractivity contribution in [3.05, 3.63) is 18.1 Å². The molecule has 1 rings (SSSR count). The van der Waals surface area contributed by atoms with Gasteiger partial charge in [-0.05, 0) is 12.5 Å². The SMILES string of the molecule is CCCOCc1nccc(NC)n1. The van der Waals surface area contributed by atoms with Crippen LogP contribution in [0.2, 0.25) is 0 Å². The lowest BCUT2D eigenvalue weighted by Crippen LogP contribution is -2.02. The van der Waals surface area contributed by atoms with E-state index in [-0.39, 0.29) is 0 Å². The van der Waals surface area contributed by atoms with Gasteiger partial charge in [-0.25, -0.2) is 9.97 Å². The van der Waals surface area contributed by atoms with Gasteiger partial charge in [0, 0.05) is 19.9 Å². The molecule has 0 atom stereocenters. The number of rotatable bonds is 5. The zero-order valence-electron chi connectivity index (χ0n) is 8.08. The quantitative estimate of drug-likeness (QED) is 0.698. The molecule has 1 aromatic rings. The molecule has 0 amide bonds. The molecule has 0 saturated heterocycles. The normalized spacial score (nSPS) is 10.0. The fourth-order valence-corrected chi connectivity index (χ4v) is 0.916. The largest absolute Gasteiger partial charge is 0.373 e. The number of anilines is 1. The third kappa shape index (κ3) is 3.38. The molecule has 0 aromatic carbocycles. The van der Waals surface area contributed by atoms with E-state index < -0.39 is 0 Å². The predicted molar refractivity (Wildman–Crippen MR) is 51.5 cm³/mol. The fraction of sp³-hybridized carbons (Fsp3) is 0.556. The summed E-state index contributed by atoms with van der Waals surface area (Å²) in [5.74, 6) is 1.55. The molecule has 1 N–H and O–H groups in total. The van der Waals surface area contributed by atoms with Gasteiger partial charge >= 0.3 is 0 Å². The second-order valence-electron chi connectivity index (χ2n) is 2.66. The van der Waals surface area contributed by atoms with Gasteiger partial charge in [-0.15, -0.1) is 0 Å². The Kier molecular flexibility index (Phi) is 4.18. The minimum Gasteiger partial charge on any atom is -0.373 e. The van der Waals surface area contributed by atoms with Crippen LogP contribution in [0.5, 0.6) is 0 Å². The number of aromatic nitrogens is 2. The van der Waals surface area contributed by atoms with E-state index in [1.54, 1.807) is 6.20 Å². The van der Waals surface area contributed by atoms with Gasteiger partial charge in [0.15, 0.2) is 5.82 Å². The molecule has 1 heterocycles. The van der Waals surface area contributed by atoms with E-state index in [1.165, 1.54) is 0 Å². The molecular weight excluding hydrogens is 166 g/mol. The molecule has 0 fully saturated rings. The van der Waals surface area contributed by atoms with Gasteiger partial charge in [-0.2, -0.15) is 0 Å². The van der Waals surface area contributed by atoms with Crippen LogP contribution in [0, 0.1) is 0 Å². The van der Waals surface area contributed by atoms with Crippen LogP contribution in [-0.2, 0) is 11.3 Å². The third-order valence-corrected chi connectivity index (χ3v) is 1.54. The van der Waals surface area contributed by atoms with Crippen LogP contribution in [0.3, 0.4) is 0 Å². The standard InChI is InChI=1S/C9H15N3O/c1-3-6-13-7-9-11-5-4-8(10-2)12-9/h4-5H,3,6-7H2,1-2H3,(H,10,11,12). The maximum Gasteiger partial charge on any atom is 0.156 e. The van der Waals surface area contributed by atoms with Crippen molar-refractivity contribution >= 4 is 5.82 Å². The van der Waals surface area contributed by atoms with Crippen LogP contribution in [0.4, 0.5) is 5.82 Å². The van der Waals surface area contributed by atoms with Crippen LogP contribution < -0.4 is 5.32 Å². The molecule has 0 saturated carbocycles. The zero-order chi connectivity index (χ0) is 9.52. The highest BCUT2D eigenvalue weighted by molar-refractivity contribution is 5.31. The van der Waals surface area contributed by atoms with Crippen molar-refractivity contribution < 1.29 is 4.74 Å². The molecule has 1 aromatic heterocycles. The average Bonchev–Trinajstić information content (AvgIpc) is 2.19. The molecule has 0 bridgehead atoms. The summed E-state index contributed by atoms with van der Waals surface area (Å²) in [6, 6.07) is 1.82. The summed E-state index contributed by atoms with van der Waals surface area (Å²) < 4.78 is 5.32. The molecule has 0 radical (unpaired) electrons. The summed E-state index contributed by atoms with van der Waals surface area (Å²) in [6.07, 6.45) is 2.75. The Morgan fingerprint density at radius 3 is 3.08 bits per heavy atom. The van der Waals surface area contributed by atoms with Crippen LogP contribution in [0.25, 0.3) is 0 Å². The van der Waals surface area contributed by atoms with Gasteiger partial charge < -0.3 is 10.1 Å². The molecule has 0 aliphatic rings. The van der Waals surface area contributed by atoms with Crippen molar-refractivity contribution in [1.29, 1.82) is 0 Å². The van der Waals surface area contributed by atoms with Crippen LogP contribution >= 0.6 is 0 Å². The van der Waals surface area contributed by atoms with Crippen LogP contribution in [0.1, 0.15) is 19.2 Å². The van der Waals surface area contributed by atoms with E-state index in [4.69, 9.17) is 4.74 Å². The highest BCUT2D eigenvalue weighted by Crippen LogP contribution is 2.01. The van der Waals surface area contributed by atoms with E-state index >= 15 is 0 Å². The van der Waals surface area contributed by atoms with Crippen molar-refractivity contribution in [2.24, 2.45) is 0 Å². The molecular formula is C9H15N3O. The van der Waals surface area contributed by atoms with Gasteiger partial charge in [-0.3, -0.25) is 0 Å². The molecule has 72 valence electrons. The minimum absolute atomic E-state index is 0.489. The first-order chi connectivity index (χ1) is 6.36. The first kappa shape index (κ1) is 9.92. The molecule has 4 heteroatoms. The van der Waals surface area contributed by atoms with E-state index in [0.29, 0.717) is 6.61 Å². The maximum atomic E-state index is 5.32. The highest BCUT2D eigenvalue weighted by Gasteiger charge is 1.96. The maximum absolute atomic E-state index is 5.32. The third-order valence-electron chi connectivity index (χ3n) is 1.54. The molecule has 0 aliphatic heterocycles. The number of nitrogens with zero attached hydrogens (tertiary/aromatic N) is 2. The first-order valence-electron chi connectivity index (χ1n) is 4.44. The van der Waals surface area contributed by atoms with Crippen LogP contribution in [0.15, 0.2) is 12.3 Å². The molecule has 0 unspecified atom stereocenters. The van der Waals surface area contributed by atoms with E-state index in [0.717, 1.165) is 24.7 Å². The number of ether oxygens (including phenoxy) is 1. The molecule has 4 nitrogen and oxygen atoms in total. The molecule has 13 heavy (non-hydrogen) atoms. The zero-order valence-corrected chi connectivity index (χ0v) is 8.08. The second kappa shape index (κ2) is 5.48. The van der Waals surface area contributed by atoms with E-state index in [2.05, 4.69) is 22.2 Å². The van der Waals surface area contributed by atoms with E-state index in [9.17, 15) is 0 Å². The Labute approximate surface area is 78.4 Å². The topological polar surface area (TPSA) is 47.0 Å². The van der Waals surface area contributed by atoms with Gasteiger partial charge in [0.2, 0.25) is 0 Å². The lowest BCUT2D eigenvalue weighted by atomic mass is 10.5. The van der Waals surface area contributed by atoms with Gasteiger partial charge in [0.1, 0.15) is 12.4 Å². The predicted octanol–water partition coefficient (Wildman–Crippen LogP) is 1.44. The summed E-state index contributed by atoms with van der Waals surface area (Å²) in [5, 5.41) is 2.95. The second-order valence-corrected chi connectivity index (χ2v) is 2.66. The van der Waals surface area contributed by atoms with Crippen LogP contribution in [-0.4, -0.2) is 23.6 Å².